The Balaban J connectivity index is 1.72. The van der Waals surface area contributed by atoms with Crippen LogP contribution in [0, 0.1) is 12.8 Å². The molecule has 3 nitrogen and oxygen atoms in total. The largest absolute Gasteiger partial charge is 0.298 e. The Hall–Kier alpha value is -0.930. The number of hydrogen-bond donors (Lipinski definition) is 0. The van der Waals surface area contributed by atoms with Crippen LogP contribution in [0.1, 0.15) is 44.4 Å². The van der Waals surface area contributed by atoms with Crippen LogP contribution in [-0.4, -0.2) is 46.5 Å². The van der Waals surface area contributed by atoms with E-state index in [2.05, 4.69) is 53.9 Å². The van der Waals surface area contributed by atoms with Crippen LogP contribution in [0.3, 0.4) is 0 Å². The Morgan fingerprint density at radius 2 is 2.10 bits per heavy atom. The molecule has 0 radical (unpaired) electrons. The second-order valence-corrected chi connectivity index (χ2v) is 7.19. The first-order valence-corrected chi connectivity index (χ1v) is 8.53. The van der Waals surface area contributed by atoms with Gasteiger partial charge in [-0.1, -0.05) is 26.3 Å². The predicted octanol–water partition coefficient (Wildman–Crippen LogP) is 3.08. The van der Waals surface area contributed by atoms with Crippen LogP contribution in [0.2, 0.25) is 0 Å². The molecule has 2 unspecified atom stereocenters. The molecule has 2 aliphatic rings. The van der Waals surface area contributed by atoms with Gasteiger partial charge in [0.2, 0.25) is 0 Å². The monoisotopic (exact) mass is 287 g/mol. The maximum atomic E-state index is 4.46. The Morgan fingerprint density at radius 1 is 1.24 bits per heavy atom. The molecule has 0 aliphatic carbocycles. The zero-order chi connectivity index (χ0) is 14.8. The van der Waals surface area contributed by atoms with Gasteiger partial charge in [0.05, 0.1) is 0 Å². The summed E-state index contributed by atoms with van der Waals surface area (Å²) < 4.78 is 0. The van der Waals surface area contributed by atoms with Crippen molar-refractivity contribution in [1.29, 1.82) is 0 Å². The van der Waals surface area contributed by atoms with Crippen LogP contribution in [0.4, 0.5) is 0 Å². The quantitative estimate of drug-likeness (QED) is 0.851. The molecule has 0 aromatic carbocycles. The van der Waals surface area contributed by atoms with Crippen molar-refractivity contribution in [3.05, 3.63) is 29.6 Å². The van der Waals surface area contributed by atoms with E-state index in [9.17, 15) is 0 Å². The highest BCUT2D eigenvalue weighted by Gasteiger charge is 2.36. The standard InChI is InChI=1S/C18H29N3/c1-14(2)18-13-20-9-5-4-6-17(20)12-21(18)11-16-8-7-15(3)19-10-16/h7-8,10,14,17-18H,4-6,9,11-13H2,1-3H3. The minimum absolute atomic E-state index is 0.681. The van der Waals surface area contributed by atoms with Crippen LogP contribution in [-0.2, 0) is 6.54 Å². The number of piperazine rings is 1. The number of piperidine rings is 1. The molecule has 2 atom stereocenters. The van der Waals surface area contributed by atoms with Gasteiger partial charge < -0.3 is 0 Å². The van der Waals surface area contributed by atoms with E-state index < -0.39 is 0 Å². The topological polar surface area (TPSA) is 19.4 Å². The van der Waals surface area contributed by atoms with E-state index in [1.807, 2.05) is 0 Å². The molecule has 0 N–H and O–H groups in total. The molecule has 2 saturated heterocycles. The summed E-state index contributed by atoms with van der Waals surface area (Å²) in [5, 5.41) is 0. The highest BCUT2D eigenvalue weighted by Crippen LogP contribution is 2.28. The molecule has 3 rings (SSSR count). The van der Waals surface area contributed by atoms with Crippen molar-refractivity contribution in [2.75, 3.05) is 19.6 Å². The first-order valence-electron chi connectivity index (χ1n) is 8.53. The fourth-order valence-electron chi connectivity index (χ4n) is 3.91. The highest BCUT2D eigenvalue weighted by atomic mass is 15.3. The maximum absolute atomic E-state index is 4.46. The highest BCUT2D eigenvalue weighted by molar-refractivity contribution is 5.13. The molecule has 1 aromatic rings. The van der Waals surface area contributed by atoms with Crippen molar-refractivity contribution in [3.63, 3.8) is 0 Å². The average molecular weight is 287 g/mol. The molecule has 0 bridgehead atoms. The molecule has 2 aliphatic heterocycles. The molecule has 0 spiro atoms. The van der Waals surface area contributed by atoms with Gasteiger partial charge in [-0.15, -0.1) is 0 Å². The summed E-state index contributed by atoms with van der Waals surface area (Å²) in [4.78, 5) is 9.92. The first kappa shape index (κ1) is 15.0. The molecule has 21 heavy (non-hydrogen) atoms. The lowest BCUT2D eigenvalue weighted by Gasteiger charge is -2.50. The van der Waals surface area contributed by atoms with E-state index in [-0.39, 0.29) is 0 Å². The van der Waals surface area contributed by atoms with E-state index in [0.717, 1.165) is 18.3 Å². The molecule has 1 aromatic heterocycles. The maximum Gasteiger partial charge on any atom is 0.0372 e. The molecule has 3 heteroatoms. The number of aromatic nitrogens is 1. The fraction of sp³-hybridized carbons (Fsp3) is 0.722. The van der Waals surface area contributed by atoms with Gasteiger partial charge in [-0.3, -0.25) is 14.8 Å². The molecular formula is C18H29N3. The third-order valence-corrected chi connectivity index (χ3v) is 5.21. The Bertz CT molecular complexity index is 454. The minimum Gasteiger partial charge on any atom is -0.298 e. The Labute approximate surface area is 129 Å². The Kier molecular flexibility index (Phi) is 4.60. The molecule has 3 heterocycles. The summed E-state index contributed by atoms with van der Waals surface area (Å²) >= 11 is 0. The predicted molar refractivity (Wildman–Crippen MR) is 87.2 cm³/mol. The molecular weight excluding hydrogens is 258 g/mol. The normalized spacial score (nSPS) is 27.8. The third kappa shape index (κ3) is 3.46. The summed E-state index contributed by atoms with van der Waals surface area (Å²) in [7, 11) is 0. The van der Waals surface area contributed by atoms with Crippen LogP contribution < -0.4 is 0 Å². The lowest BCUT2D eigenvalue weighted by Crippen LogP contribution is -2.60. The summed E-state index contributed by atoms with van der Waals surface area (Å²) in [5.74, 6) is 0.714. The van der Waals surface area contributed by atoms with Crippen molar-refractivity contribution in [1.82, 2.24) is 14.8 Å². The zero-order valence-electron chi connectivity index (χ0n) is 13.8. The fourth-order valence-corrected chi connectivity index (χ4v) is 3.91. The van der Waals surface area contributed by atoms with Gasteiger partial charge in [-0.05, 0) is 43.9 Å². The number of rotatable bonds is 3. The molecule has 0 amide bonds. The van der Waals surface area contributed by atoms with Crippen LogP contribution in [0.25, 0.3) is 0 Å². The van der Waals surface area contributed by atoms with Crippen molar-refractivity contribution in [3.8, 4) is 0 Å². The van der Waals surface area contributed by atoms with E-state index in [1.165, 1.54) is 44.5 Å². The second-order valence-electron chi connectivity index (χ2n) is 7.19. The molecule has 2 fully saturated rings. The van der Waals surface area contributed by atoms with Crippen molar-refractivity contribution >= 4 is 0 Å². The van der Waals surface area contributed by atoms with Gasteiger partial charge in [0, 0.05) is 43.6 Å². The second kappa shape index (κ2) is 6.45. The van der Waals surface area contributed by atoms with Crippen LogP contribution in [0.15, 0.2) is 18.3 Å². The summed E-state index contributed by atoms with van der Waals surface area (Å²) in [6.45, 7) is 11.7. The Morgan fingerprint density at radius 3 is 2.81 bits per heavy atom. The van der Waals surface area contributed by atoms with Gasteiger partial charge in [0.15, 0.2) is 0 Å². The van der Waals surface area contributed by atoms with Crippen LogP contribution >= 0.6 is 0 Å². The smallest absolute Gasteiger partial charge is 0.0372 e. The molecule has 0 saturated carbocycles. The number of fused-ring (bicyclic) bond motifs is 1. The number of nitrogens with zero attached hydrogens (tertiary/aromatic N) is 3. The minimum atomic E-state index is 0.681. The average Bonchev–Trinajstić information content (AvgIpc) is 2.48. The number of aryl methyl sites for hydroxylation is 1. The summed E-state index contributed by atoms with van der Waals surface area (Å²) in [6.07, 6.45) is 6.24. The third-order valence-electron chi connectivity index (χ3n) is 5.21. The van der Waals surface area contributed by atoms with Crippen LogP contribution in [0.5, 0.6) is 0 Å². The van der Waals surface area contributed by atoms with Gasteiger partial charge in [-0.2, -0.15) is 0 Å². The lowest BCUT2D eigenvalue weighted by atomic mass is 9.92. The summed E-state index contributed by atoms with van der Waals surface area (Å²) in [5.41, 5.74) is 2.46. The SMILES string of the molecule is Cc1ccc(CN2CC3CCCCN3CC2C(C)C)cn1. The first-order chi connectivity index (χ1) is 10.1. The van der Waals surface area contributed by atoms with E-state index in [1.54, 1.807) is 0 Å². The van der Waals surface area contributed by atoms with Crippen molar-refractivity contribution in [2.24, 2.45) is 5.92 Å². The van der Waals surface area contributed by atoms with Crippen molar-refractivity contribution < 1.29 is 0 Å². The zero-order valence-corrected chi connectivity index (χ0v) is 13.8. The van der Waals surface area contributed by atoms with E-state index >= 15 is 0 Å². The van der Waals surface area contributed by atoms with E-state index in [0.29, 0.717) is 12.0 Å². The summed E-state index contributed by atoms with van der Waals surface area (Å²) in [6, 6.07) is 5.84. The van der Waals surface area contributed by atoms with Gasteiger partial charge >= 0.3 is 0 Å². The number of hydrogen-bond acceptors (Lipinski definition) is 3. The van der Waals surface area contributed by atoms with Gasteiger partial charge in [-0.25, -0.2) is 0 Å². The lowest BCUT2D eigenvalue weighted by molar-refractivity contribution is -0.0118. The van der Waals surface area contributed by atoms with Gasteiger partial charge in [0.1, 0.15) is 0 Å². The van der Waals surface area contributed by atoms with Gasteiger partial charge in [0.25, 0.3) is 0 Å². The number of pyridine rings is 1. The molecule has 116 valence electrons. The van der Waals surface area contributed by atoms with Crippen molar-refractivity contribution in [2.45, 2.75) is 58.7 Å². The van der Waals surface area contributed by atoms with E-state index in [4.69, 9.17) is 0 Å².